The second-order valence-corrected chi connectivity index (χ2v) is 7.30. The zero-order chi connectivity index (χ0) is 14.0. The fraction of sp³-hybridized carbons (Fsp3) is 0.273. The highest BCUT2D eigenvalue weighted by atomic mass is 79.9. The lowest BCUT2D eigenvalue weighted by molar-refractivity contribution is 0.483. The third kappa shape index (κ3) is 3.26. The van der Waals surface area contributed by atoms with Crippen molar-refractivity contribution >= 4 is 37.3 Å². The molecule has 8 heteroatoms. The molecular weight excluding hydrogens is 352 g/mol. The van der Waals surface area contributed by atoms with Crippen LogP contribution in [0, 0.1) is 0 Å². The minimum absolute atomic E-state index is 0.0661. The molecule has 2 heterocycles. The van der Waals surface area contributed by atoms with Crippen LogP contribution in [-0.2, 0) is 16.6 Å². The molecule has 1 atom stereocenters. The molecular formula is C11H13BrN2O3S2. The lowest BCUT2D eigenvalue weighted by Crippen LogP contribution is -2.26. The standard InChI is InChI=1S/C11H13BrN2O3S2/c1-7(9-3-2-4-18-9)14-19(15,16)10-5-8(6-13)17-11(10)12/h2-5,7,14H,6,13H2,1H3. The summed E-state index contributed by atoms with van der Waals surface area (Å²) in [5, 5.41) is 1.90. The van der Waals surface area contributed by atoms with Crippen molar-refractivity contribution < 1.29 is 12.8 Å². The van der Waals surface area contributed by atoms with Crippen molar-refractivity contribution in [2.24, 2.45) is 5.73 Å². The van der Waals surface area contributed by atoms with Crippen molar-refractivity contribution in [1.29, 1.82) is 0 Å². The summed E-state index contributed by atoms with van der Waals surface area (Å²) in [5.41, 5.74) is 5.43. The average Bonchev–Trinajstić information content (AvgIpc) is 2.96. The van der Waals surface area contributed by atoms with E-state index >= 15 is 0 Å². The van der Waals surface area contributed by atoms with Gasteiger partial charge in [0.1, 0.15) is 10.7 Å². The van der Waals surface area contributed by atoms with Crippen LogP contribution in [0.5, 0.6) is 0 Å². The monoisotopic (exact) mass is 364 g/mol. The predicted octanol–water partition coefficient (Wildman–Crippen LogP) is 2.60. The number of hydrogen-bond donors (Lipinski definition) is 2. The number of furan rings is 1. The van der Waals surface area contributed by atoms with E-state index in [1.54, 1.807) is 6.92 Å². The molecule has 5 nitrogen and oxygen atoms in total. The molecule has 0 aliphatic rings. The number of hydrogen-bond acceptors (Lipinski definition) is 5. The van der Waals surface area contributed by atoms with E-state index in [-0.39, 0.29) is 22.2 Å². The molecule has 3 N–H and O–H groups in total. The minimum Gasteiger partial charge on any atom is -0.452 e. The topological polar surface area (TPSA) is 85.3 Å². The molecule has 1 unspecified atom stereocenters. The Labute approximate surface area is 124 Å². The lowest BCUT2D eigenvalue weighted by Gasteiger charge is -2.11. The number of sulfonamides is 1. The van der Waals surface area contributed by atoms with Gasteiger partial charge in [-0.25, -0.2) is 13.1 Å². The Balaban J connectivity index is 2.25. The lowest BCUT2D eigenvalue weighted by atomic mass is 10.3. The first kappa shape index (κ1) is 14.7. The molecule has 0 bridgehead atoms. The van der Waals surface area contributed by atoms with Crippen molar-refractivity contribution in [2.45, 2.75) is 24.4 Å². The number of halogens is 1. The molecule has 0 amide bonds. The normalized spacial score (nSPS) is 13.6. The fourth-order valence-electron chi connectivity index (χ4n) is 1.57. The second kappa shape index (κ2) is 5.76. The number of rotatable bonds is 5. The van der Waals surface area contributed by atoms with Crippen LogP contribution in [0.3, 0.4) is 0 Å². The molecule has 0 aliphatic carbocycles. The summed E-state index contributed by atoms with van der Waals surface area (Å²) >= 11 is 4.59. The van der Waals surface area contributed by atoms with E-state index in [0.717, 1.165) is 4.88 Å². The molecule has 0 spiro atoms. The molecule has 0 saturated heterocycles. The number of nitrogens with one attached hydrogen (secondary N) is 1. The van der Waals surface area contributed by atoms with E-state index in [9.17, 15) is 8.42 Å². The molecule has 19 heavy (non-hydrogen) atoms. The van der Waals surface area contributed by atoms with Gasteiger partial charge in [-0.05, 0) is 34.3 Å². The van der Waals surface area contributed by atoms with Crippen LogP contribution in [-0.4, -0.2) is 8.42 Å². The third-order valence-electron chi connectivity index (χ3n) is 2.50. The van der Waals surface area contributed by atoms with Crippen LogP contribution < -0.4 is 10.5 Å². The molecule has 2 aromatic heterocycles. The Morgan fingerprint density at radius 3 is 2.84 bits per heavy atom. The van der Waals surface area contributed by atoms with E-state index < -0.39 is 10.0 Å². The van der Waals surface area contributed by atoms with Gasteiger partial charge in [-0.3, -0.25) is 0 Å². The van der Waals surface area contributed by atoms with Gasteiger partial charge in [0.25, 0.3) is 0 Å². The quantitative estimate of drug-likeness (QED) is 0.853. The number of thiophene rings is 1. The second-order valence-electron chi connectivity index (χ2n) is 3.91. The molecule has 104 valence electrons. The SMILES string of the molecule is CC(NS(=O)(=O)c1cc(CN)oc1Br)c1cccs1. The van der Waals surface area contributed by atoms with Crippen molar-refractivity contribution in [3.05, 3.63) is 38.9 Å². The molecule has 0 saturated carbocycles. The smallest absolute Gasteiger partial charge is 0.245 e. The average molecular weight is 365 g/mol. The highest BCUT2D eigenvalue weighted by Crippen LogP contribution is 2.28. The van der Waals surface area contributed by atoms with E-state index in [1.165, 1.54) is 17.4 Å². The van der Waals surface area contributed by atoms with E-state index in [1.807, 2.05) is 17.5 Å². The van der Waals surface area contributed by atoms with Gasteiger partial charge in [-0.1, -0.05) is 6.07 Å². The van der Waals surface area contributed by atoms with Crippen molar-refractivity contribution in [2.75, 3.05) is 0 Å². The fourth-order valence-corrected chi connectivity index (χ4v) is 4.60. The van der Waals surface area contributed by atoms with E-state index in [4.69, 9.17) is 10.2 Å². The Morgan fingerprint density at radius 1 is 1.58 bits per heavy atom. The first-order chi connectivity index (χ1) is 8.94. The molecule has 2 aromatic rings. The maximum Gasteiger partial charge on any atom is 0.245 e. The zero-order valence-electron chi connectivity index (χ0n) is 10.1. The first-order valence-electron chi connectivity index (χ1n) is 5.48. The zero-order valence-corrected chi connectivity index (χ0v) is 13.3. The largest absolute Gasteiger partial charge is 0.452 e. The Morgan fingerprint density at radius 2 is 2.32 bits per heavy atom. The molecule has 0 radical (unpaired) electrons. The van der Waals surface area contributed by atoms with Gasteiger partial charge in [0.15, 0.2) is 4.67 Å². The van der Waals surface area contributed by atoms with Gasteiger partial charge < -0.3 is 10.2 Å². The van der Waals surface area contributed by atoms with Crippen LogP contribution in [0.25, 0.3) is 0 Å². The number of nitrogens with two attached hydrogens (primary N) is 1. The predicted molar refractivity (Wildman–Crippen MR) is 77.4 cm³/mol. The van der Waals surface area contributed by atoms with Gasteiger partial charge in [-0.2, -0.15) is 0 Å². The maximum atomic E-state index is 12.3. The Hall–Kier alpha value is -0.670. The van der Waals surface area contributed by atoms with E-state index in [0.29, 0.717) is 5.76 Å². The summed E-state index contributed by atoms with van der Waals surface area (Å²) in [5.74, 6) is 0.413. The van der Waals surface area contributed by atoms with Crippen LogP contribution in [0.1, 0.15) is 23.6 Å². The molecule has 0 fully saturated rings. The highest BCUT2D eigenvalue weighted by molar-refractivity contribution is 9.10. The molecule has 0 aromatic carbocycles. The van der Waals surface area contributed by atoms with Crippen LogP contribution >= 0.6 is 27.3 Å². The van der Waals surface area contributed by atoms with Crippen molar-refractivity contribution in [3.63, 3.8) is 0 Å². The summed E-state index contributed by atoms with van der Waals surface area (Å²) in [6.45, 7) is 1.94. The summed E-state index contributed by atoms with van der Waals surface area (Å²) < 4.78 is 32.5. The summed E-state index contributed by atoms with van der Waals surface area (Å²) in [7, 11) is -3.64. The maximum absolute atomic E-state index is 12.3. The Bertz CT molecular complexity index is 650. The Kier molecular flexibility index (Phi) is 4.46. The summed E-state index contributed by atoms with van der Waals surface area (Å²) in [6.07, 6.45) is 0. The minimum atomic E-state index is -3.64. The van der Waals surface area contributed by atoms with Crippen LogP contribution in [0.4, 0.5) is 0 Å². The van der Waals surface area contributed by atoms with Gasteiger partial charge in [0.2, 0.25) is 10.0 Å². The highest BCUT2D eigenvalue weighted by Gasteiger charge is 2.24. The molecule has 2 rings (SSSR count). The summed E-state index contributed by atoms with van der Waals surface area (Å²) in [4.78, 5) is 1.01. The van der Waals surface area contributed by atoms with Gasteiger partial charge in [0.05, 0.1) is 12.6 Å². The van der Waals surface area contributed by atoms with Gasteiger partial charge >= 0.3 is 0 Å². The summed E-state index contributed by atoms with van der Waals surface area (Å²) in [6, 6.07) is 4.89. The van der Waals surface area contributed by atoms with Gasteiger partial charge in [0, 0.05) is 10.9 Å². The van der Waals surface area contributed by atoms with Crippen LogP contribution in [0.2, 0.25) is 0 Å². The first-order valence-corrected chi connectivity index (χ1v) is 8.63. The van der Waals surface area contributed by atoms with E-state index in [2.05, 4.69) is 20.7 Å². The third-order valence-corrected chi connectivity index (χ3v) is 5.95. The van der Waals surface area contributed by atoms with Crippen molar-refractivity contribution in [1.82, 2.24) is 4.72 Å². The van der Waals surface area contributed by atoms with Crippen LogP contribution in [0.15, 0.2) is 37.6 Å². The van der Waals surface area contributed by atoms with Gasteiger partial charge in [-0.15, -0.1) is 11.3 Å². The molecule has 0 aliphatic heterocycles. The van der Waals surface area contributed by atoms with Crippen molar-refractivity contribution in [3.8, 4) is 0 Å².